The fourth-order valence-corrected chi connectivity index (χ4v) is 2.22. The third kappa shape index (κ3) is 2.74. The van der Waals surface area contributed by atoms with Crippen molar-refractivity contribution in [1.29, 1.82) is 0 Å². The predicted octanol–water partition coefficient (Wildman–Crippen LogP) is 3.26. The third-order valence-electron chi connectivity index (χ3n) is 2.38. The van der Waals surface area contributed by atoms with Crippen molar-refractivity contribution >= 4 is 22.7 Å². The van der Waals surface area contributed by atoms with Gasteiger partial charge in [-0.1, -0.05) is 6.07 Å². The lowest BCUT2D eigenvalue weighted by atomic mass is 10.2. The molecule has 0 aliphatic carbocycles. The van der Waals surface area contributed by atoms with Gasteiger partial charge in [0.1, 0.15) is 0 Å². The van der Waals surface area contributed by atoms with Gasteiger partial charge in [0.15, 0.2) is 11.6 Å². The molecular formula is C12H12F2N2S. The lowest BCUT2D eigenvalue weighted by Gasteiger charge is -2.10. The van der Waals surface area contributed by atoms with Crippen LogP contribution in [0.15, 0.2) is 29.6 Å². The second-order valence-corrected chi connectivity index (χ2v) is 4.61. The zero-order valence-corrected chi connectivity index (χ0v) is 9.86. The Kier molecular flexibility index (Phi) is 3.58. The molecule has 1 aromatic heterocycles. The van der Waals surface area contributed by atoms with E-state index in [1.165, 1.54) is 10.9 Å². The standard InChI is InChI=1S/C12H12F2N2S/c13-9-3-4-10(15)12(11(9)14)16-6-5-8-2-1-7-17-8/h1-4,7,16H,5-6,15H2. The molecule has 0 unspecified atom stereocenters. The van der Waals surface area contributed by atoms with Gasteiger partial charge in [0.2, 0.25) is 0 Å². The minimum atomic E-state index is -0.920. The van der Waals surface area contributed by atoms with Crippen molar-refractivity contribution in [2.45, 2.75) is 6.42 Å². The second kappa shape index (κ2) is 5.14. The molecule has 2 nitrogen and oxygen atoms in total. The van der Waals surface area contributed by atoms with Crippen molar-refractivity contribution < 1.29 is 8.78 Å². The van der Waals surface area contributed by atoms with Gasteiger partial charge in [-0.05, 0) is 30.0 Å². The molecule has 0 radical (unpaired) electrons. The van der Waals surface area contributed by atoms with E-state index in [4.69, 9.17) is 5.73 Å². The average molecular weight is 254 g/mol. The molecule has 0 bridgehead atoms. The lowest BCUT2D eigenvalue weighted by molar-refractivity contribution is 0.511. The van der Waals surface area contributed by atoms with Crippen molar-refractivity contribution in [3.05, 3.63) is 46.2 Å². The smallest absolute Gasteiger partial charge is 0.183 e. The van der Waals surface area contributed by atoms with E-state index in [-0.39, 0.29) is 11.4 Å². The van der Waals surface area contributed by atoms with E-state index < -0.39 is 11.6 Å². The Labute approximate surface area is 102 Å². The van der Waals surface area contributed by atoms with Crippen molar-refractivity contribution in [2.75, 3.05) is 17.6 Å². The number of anilines is 2. The number of rotatable bonds is 4. The molecule has 0 saturated heterocycles. The predicted molar refractivity (Wildman–Crippen MR) is 67.3 cm³/mol. The molecule has 0 aliphatic rings. The van der Waals surface area contributed by atoms with Gasteiger partial charge in [0, 0.05) is 11.4 Å². The topological polar surface area (TPSA) is 38.0 Å². The third-order valence-corrected chi connectivity index (χ3v) is 3.32. The van der Waals surface area contributed by atoms with Crippen LogP contribution in [0.1, 0.15) is 4.88 Å². The van der Waals surface area contributed by atoms with Crippen LogP contribution in [0.3, 0.4) is 0 Å². The van der Waals surface area contributed by atoms with Crippen molar-refractivity contribution in [3.63, 3.8) is 0 Å². The Hall–Kier alpha value is -1.62. The first-order valence-corrected chi connectivity index (χ1v) is 6.06. The van der Waals surface area contributed by atoms with Crippen LogP contribution in [-0.2, 0) is 6.42 Å². The number of halogens is 2. The summed E-state index contributed by atoms with van der Waals surface area (Å²) in [4.78, 5) is 1.19. The van der Waals surface area contributed by atoms with Crippen LogP contribution in [0, 0.1) is 11.6 Å². The molecule has 0 saturated carbocycles. The van der Waals surface area contributed by atoms with Crippen LogP contribution in [0.5, 0.6) is 0 Å². The molecule has 1 aromatic carbocycles. The van der Waals surface area contributed by atoms with Crippen molar-refractivity contribution in [2.24, 2.45) is 0 Å². The van der Waals surface area contributed by atoms with E-state index in [1.54, 1.807) is 11.3 Å². The summed E-state index contributed by atoms with van der Waals surface area (Å²) in [6.45, 7) is 0.519. The Bertz CT molecular complexity index is 497. The van der Waals surface area contributed by atoms with E-state index in [0.717, 1.165) is 12.5 Å². The lowest BCUT2D eigenvalue weighted by Crippen LogP contribution is -2.09. The Morgan fingerprint density at radius 3 is 2.76 bits per heavy atom. The number of benzene rings is 1. The zero-order chi connectivity index (χ0) is 12.3. The number of hydrogen-bond acceptors (Lipinski definition) is 3. The number of nitrogen functional groups attached to an aromatic ring is 1. The monoisotopic (exact) mass is 254 g/mol. The summed E-state index contributed by atoms with van der Waals surface area (Å²) in [5.41, 5.74) is 5.84. The van der Waals surface area contributed by atoms with Gasteiger partial charge in [-0.2, -0.15) is 0 Å². The molecule has 0 fully saturated rings. The van der Waals surface area contributed by atoms with Crippen LogP contribution in [-0.4, -0.2) is 6.54 Å². The molecule has 3 N–H and O–H groups in total. The normalized spacial score (nSPS) is 10.5. The summed E-state index contributed by atoms with van der Waals surface area (Å²) in [5.74, 6) is -1.81. The van der Waals surface area contributed by atoms with Gasteiger partial charge >= 0.3 is 0 Å². The number of nitrogens with one attached hydrogen (secondary N) is 1. The van der Waals surface area contributed by atoms with Crippen LogP contribution in [0.4, 0.5) is 20.2 Å². The SMILES string of the molecule is Nc1ccc(F)c(F)c1NCCc1cccs1. The Morgan fingerprint density at radius 2 is 2.06 bits per heavy atom. The fourth-order valence-electron chi connectivity index (χ4n) is 1.51. The molecule has 0 aliphatic heterocycles. The number of thiophene rings is 1. The van der Waals surface area contributed by atoms with Crippen LogP contribution in [0.25, 0.3) is 0 Å². The average Bonchev–Trinajstić information content (AvgIpc) is 2.81. The maximum absolute atomic E-state index is 13.4. The summed E-state index contributed by atoms with van der Waals surface area (Å²) in [5, 5.41) is 4.81. The highest BCUT2D eigenvalue weighted by Gasteiger charge is 2.11. The minimum Gasteiger partial charge on any atom is -0.397 e. The number of hydrogen-bond donors (Lipinski definition) is 2. The fraction of sp³-hybridized carbons (Fsp3) is 0.167. The van der Waals surface area contributed by atoms with E-state index >= 15 is 0 Å². The largest absolute Gasteiger partial charge is 0.397 e. The zero-order valence-electron chi connectivity index (χ0n) is 9.04. The molecule has 90 valence electrons. The highest BCUT2D eigenvalue weighted by Crippen LogP contribution is 2.24. The molecule has 0 spiro atoms. The minimum absolute atomic E-state index is 0.0431. The summed E-state index contributed by atoms with van der Waals surface area (Å²) in [6.07, 6.45) is 0.757. The van der Waals surface area contributed by atoms with Gasteiger partial charge in [-0.3, -0.25) is 0 Å². The molecule has 2 rings (SSSR count). The molecular weight excluding hydrogens is 242 g/mol. The van der Waals surface area contributed by atoms with E-state index in [2.05, 4.69) is 5.32 Å². The van der Waals surface area contributed by atoms with Gasteiger partial charge in [-0.25, -0.2) is 8.78 Å². The highest BCUT2D eigenvalue weighted by molar-refractivity contribution is 7.09. The molecule has 0 atom stereocenters. The Morgan fingerprint density at radius 1 is 1.24 bits per heavy atom. The molecule has 1 heterocycles. The summed E-state index contributed by atoms with van der Waals surface area (Å²) in [7, 11) is 0. The summed E-state index contributed by atoms with van der Waals surface area (Å²) >= 11 is 1.63. The maximum atomic E-state index is 13.4. The van der Waals surface area contributed by atoms with E-state index in [9.17, 15) is 8.78 Å². The summed E-state index contributed by atoms with van der Waals surface area (Å²) in [6, 6.07) is 6.33. The van der Waals surface area contributed by atoms with Crippen molar-refractivity contribution in [1.82, 2.24) is 0 Å². The second-order valence-electron chi connectivity index (χ2n) is 3.58. The first-order chi connectivity index (χ1) is 8.18. The van der Waals surface area contributed by atoms with Crippen LogP contribution < -0.4 is 11.1 Å². The van der Waals surface area contributed by atoms with Gasteiger partial charge in [-0.15, -0.1) is 11.3 Å². The first-order valence-electron chi connectivity index (χ1n) is 5.18. The maximum Gasteiger partial charge on any atom is 0.183 e. The quantitative estimate of drug-likeness (QED) is 0.822. The Balaban J connectivity index is 2.01. The number of nitrogens with two attached hydrogens (primary N) is 1. The van der Waals surface area contributed by atoms with Crippen LogP contribution >= 0.6 is 11.3 Å². The van der Waals surface area contributed by atoms with Gasteiger partial charge < -0.3 is 11.1 Å². The molecule has 17 heavy (non-hydrogen) atoms. The molecule has 0 amide bonds. The van der Waals surface area contributed by atoms with Gasteiger partial charge in [0.25, 0.3) is 0 Å². The summed E-state index contributed by atoms with van der Waals surface area (Å²) < 4.78 is 26.4. The van der Waals surface area contributed by atoms with Crippen LogP contribution in [0.2, 0.25) is 0 Å². The van der Waals surface area contributed by atoms with E-state index in [0.29, 0.717) is 6.54 Å². The first kappa shape index (κ1) is 11.9. The molecule has 2 aromatic rings. The molecule has 5 heteroatoms. The van der Waals surface area contributed by atoms with Gasteiger partial charge in [0.05, 0.1) is 11.4 Å². The van der Waals surface area contributed by atoms with E-state index in [1.807, 2.05) is 17.5 Å². The highest BCUT2D eigenvalue weighted by atomic mass is 32.1. The van der Waals surface area contributed by atoms with Crippen molar-refractivity contribution in [3.8, 4) is 0 Å².